The van der Waals surface area contributed by atoms with Gasteiger partial charge in [-0.1, -0.05) is 35.3 Å². The van der Waals surface area contributed by atoms with Crippen LogP contribution in [0.5, 0.6) is 0 Å². The van der Waals surface area contributed by atoms with Gasteiger partial charge in [-0.15, -0.1) is 0 Å². The summed E-state index contributed by atoms with van der Waals surface area (Å²) in [6.45, 7) is 0. The molecular weight excluding hydrogens is 219 g/mol. The molecule has 2 aromatic carbocycles. The zero-order chi connectivity index (χ0) is 10.1. The van der Waals surface area contributed by atoms with Gasteiger partial charge in [0.15, 0.2) is 6.29 Å². The molecule has 1 nitrogen and oxygen atoms in total. The average Bonchev–Trinajstić information content (AvgIpc) is 2.20. The van der Waals surface area contributed by atoms with Crippen LogP contribution in [0.1, 0.15) is 10.4 Å². The van der Waals surface area contributed by atoms with Crippen molar-refractivity contribution in [1.29, 1.82) is 0 Å². The molecule has 0 unspecified atom stereocenters. The van der Waals surface area contributed by atoms with E-state index in [4.69, 9.17) is 23.2 Å². The van der Waals surface area contributed by atoms with E-state index >= 15 is 0 Å². The second kappa shape index (κ2) is 3.60. The summed E-state index contributed by atoms with van der Waals surface area (Å²) in [7, 11) is 0. The summed E-state index contributed by atoms with van der Waals surface area (Å²) < 4.78 is 0. The largest absolute Gasteiger partial charge is 0.298 e. The van der Waals surface area contributed by atoms with Crippen LogP contribution in [-0.4, -0.2) is 6.29 Å². The highest BCUT2D eigenvalue weighted by Gasteiger charge is 2.04. The number of fused-ring (bicyclic) bond motifs is 1. The Labute approximate surface area is 91.2 Å². The lowest BCUT2D eigenvalue weighted by atomic mass is 10.1. The molecule has 0 radical (unpaired) electrons. The lowest BCUT2D eigenvalue weighted by Gasteiger charge is -2.02. The molecule has 0 atom stereocenters. The Morgan fingerprint density at radius 3 is 2.50 bits per heavy atom. The quantitative estimate of drug-likeness (QED) is 0.671. The zero-order valence-electron chi connectivity index (χ0n) is 7.13. The van der Waals surface area contributed by atoms with Crippen LogP contribution in [0.25, 0.3) is 10.8 Å². The van der Waals surface area contributed by atoms with E-state index in [-0.39, 0.29) is 0 Å². The predicted octanol–water partition coefficient (Wildman–Crippen LogP) is 3.96. The van der Waals surface area contributed by atoms with Crippen molar-refractivity contribution in [1.82, 2.24) is 0 Å². The highest BCUT2D eigenvalue weighted by molar-refractivity contribution is 6.38. The number of aldehydes is 1. The number of carbonyl (C=O) groups is 1. The maximum Gasteiger partial charge on any atom is 0.151 e. The highest BCUT2D eigenvalue weighted by atomic mass is 35.5. The fourth-order valence-corrected chi connectivity index (χ4v) is 1.81. The number of halogens is 2. The van der Waals surface area contributed by atoms with Crippen LogP contribution in [-0.2, 0) is 0 Å². The minimum atomic E-state index is 0.458. The Morgan fingerprint density at radius 1 is 1.07 bits per heavy atom. The molecule has 70 valence electrons. The Bertz CT molecular complexity index is 506. The number of benzene rings is 2. The maximum absolute atomic E-state index is 10.6. The van der Waals surface area contributed by atoms with Gasteiger partial charge in [0.2, 0.25) is 0 Å². The molecule has 2 aromatic rings. The van der Waals surface area contributed by atoms with E-state index in [0.29, 0.717) is 15.6 Å². The van der Waals surface area contributed by atoms with Crippen molar-refractivity contribution in [2.24, 2.45) is 0 Å². The smallest absolute Gasteiger partial charge is 0.151 e. The zero-order valence-corrected chi connectivity index (χ0v) is 8.64. The van der Waals surface area contributed by atoms with Crippen molar-refractivity contribution in [3.63, 3.8) is 0 Å². The molecule has 14 heavy (non-hydrogen) atoms. The monoisotopic (exact) mass is 224 g/mol. The van der Waals surface area contributed by atoms with Crippen LogP contribution in [0.15, 0.2) is 30.3 Å². The second-order valence-electron chi connectivity index (χ2n) is 2.95. The predicted molar refractivity (Wildman–Crippen MR) is 59.4 cm³/mol. The maximum atomic E-state index is 10.6. The van der Waals surface area contributed by atoms with Crippen molar-refractivity contribution < 1.29 is 4.79 Å². The molecule has 0 aliphatic rings. The molecule has 3 heteroatoms. The number of rotatable bonds is 1. The van der Waals surface area contributed by atoms with Gasteiger partial charge in [0.05, 0.1) is 5.02 Å². The minimum Gasteiger partial charge on any atom is -0.298 e. The summed E-state index contributed by atoms with van der Waals surface area (Å²) in [6.07, 6.45) is 0.739. The fraction of sp³-hybridized carbons (Fsp3) is 0. The van der Waals surface area contributed by atoms with Crippen LogP contribution in [0.3, 0.4) is 0 Å². The van der Waals surface area contributed by atoms with Crippen molar-refractivity contribution in [2.45, 2.75) is 0 Å². The second-order valence-corrected chi connectivity index (χ2v) is 3.77. The van der Waals surface area contributed by atoms with Gasteiger partial charge < -0.3 is 0 Å². The third-order valence-electron chi connectivity index (χ3n) is 2.07. The minimum absolute atomic E-state index is 0.458. The van der Waals surface area contributed by atoms with Gasteiger partial charge in [-0.05, 0) is 23.6 Å². The number of hydrogen-bond donors (Lipinski definition) is 0. The molecule has 0 bridgehead atoms. The van der Waals surface area contributed by atoms with Gasteiger partial charge in [0, 0.05) is 16.0 Å². The van der Waals surface area contributed by atoms with Gasteiger partial charge in [0.25, 0.3) is 0 Å². The van der Waals surface area contributed by atoms with Crippen molar-refractivity contribution in [3.8, 4) is 0 Å². The third kappa shape index (κ3) is 1.49. The molecule has 0 spiro atoms. The Kier molecular flexibility index (Phi) is 2.44. The van der Waals surface area contributed by atoms with E-state index in [0.717, 1.165) is 17.1 Å². The van der Waals surface area contributed by atoms with Crippen LogP contribution < -0.4 is 0 Å². The van der Waals surface area contributed by atoms with Crippen molar-refractivity contribution >= 4 is 40.3 Å². The van der Waals surface area contributed by atoms with Crippen LogP contribution in [0.2, 0.25) is 10.0 Å². The van der Waals surface area contributed by atoms with Crippen LogP contribution >= 0.6 is 23.2 Å². The van der Waals surface area contributed by atoms with E-state index < -0.39 is 0 Å². The van der Waals surface area contributed by atoms with E-state index in [2.05, 4.69) is 0 Å². The third-order valence-corrected chi connectivity index (χ3v) is 2.73. The Balaban J connectivity index is 2.86. The summed E-state index contributed by atoms with van der Waals surface area (Å²) in [5.74, 6) is 0. The van der Waals surface area contributed by atoms with E-state index in [1.165, 1.54) is 0 Å². The van der Waals surface area contributed by atoms with Gasteiger partial charge >= 0.3 is 0 Å². The van der Waals surface area contributed by atoms with Crippen molar-refractivity contribution in [3.05, 3.63) is 45.9 Å². The first kappa shape index (κ1) is 9.50. The van der Waals surface area contributed by atoms with Gasteiger partial charge in [0.1, 0.15) is 0 Å². The molecule has 0 fully saturated rings. The van der Waals surface area contributed by atoms with Crippen molar-refractivity contribution in [2.75, 3.05) is 0 Å². The topological polar surface area (TPSA) is 17.1 Å². The molecule has 0 heterocycles. The van der Waals surface area contributed by atoms with Gasteiger partial charge in [-0.3, -0.25) is 4.79 Å². The molecule has 0 saturated carbocycles. The molecule has 0 amide bonds. The average molecular weight is 225 g/mol. The molecule has 0 aromatic heterocycles. The summed E-state index contributed by atoms with van der Waals surface area (Å²) in [4.78, 5) is 10.6. The first-order valence-electron chi connectivity index (χ1n) is 4.05. The molecule has 0 N–H and O–H groups in total. The molecule has 2 rings (SSSR count). The fourth-order valence-electron chi connectivity index (χ4n) is 1.36. The van der Waals surface area contributed by atoms with Gasteiger partial charge in [-0.2, -0.15) is 0 Å². The van der Waals surface area contributed by atoms with Gasteiger partial charge in [-0.25, -0.2) is 0 Å². The summed E-state index contributed by atoms with van der Waals surface area (Å²) >= 11 is 11.9. The Hall–Kier alpha value is -1.05. The summed E-state index contributed by atoms with van der Waals surface area (Å²) in [5.41, 5.74) is 0.487. The lowest BCUT2D eigenvalue weighted by molar-refractivity contribution is 0.112. The first-order chi connectivity index (χ1) is 6.72. The summed E-state index contributed by atoms with van der Waals surface area (Å²) in [5, 5.41) is 2.86. The van der Waals surface area contributed by atoms with E-state index in [1.807, 2.05) is 12.1 Å². The number of hydrogen-bond acceptors (Lipinski definition) is 1. The first-order valence-corrected chi connectivity index (χ1v) is 4.81. The summed E-state index contributed by atoms with van der Waals surface area (Å²) in [6, 6.07) is 8.97. The lowest BCUT2D eigenvalue weighted by Crippen LogP contribution is -1.83. The molecule has 0 aliphatic heterocycles. The van der Waals surface area contributed by atoms with E-state index in [9.17, 15) is 4.79 Å². The molecule has 0 aliphatic carbocycles. The van der Waals surface area contributed by atoms with Crippen LogP contribution in [0, 0.1) is 0 Å². The molecule has 0 saturated heterocycles. The highest BCUT2D eigenvalue weighted by Crippen LogP contribution is 2.28. The van der Waals surface area contributed by atoms with E-state index in [1.54, 1.807) is 18.2 Å². The standard InChI is InChI=1S/C11H6Cl2O/c12-9-4-3-7-1-2-8(6-14)11(13)10(7)5-9/h1-6H. The normalized spacial score (nSPS) is 10.4. The number of carbonyl (C=O) groups excluding carboxylic acids is 1. The SMILES string of the molecule is O=Cc1ccc2ccc(Cl)cc2c1Cl. The Morgan fingerprint density at radius 2 is 1.79 bits per heavy atom. The van der Waals surface area contributed by atoms with Crippen LogP contribution in [0.4, 0.5) is 0 Å². The molecular formula is C11H6Cl2O.